The van der Waals surface area contributed by atoms with Crippen LogP contribution in [-0.2, 0) is 0 Å². The molecule has 1 saturated heterocycles. The first-order valence-corrected chi connectivity index (χ1v) is 6.25. The molecule has 2 unspecified atom stereocenters. The second-order valence-electron chi connectivity index (χ2n) is 4.88. The highest BCUT2D eigenvalue weighted by Gasteiger charge is 2.27. The molecule has 1 aliphatic rings. The van der Waals surface area contributed by atoms with Crippen molar-refractivity contribution in [1.29, 1.82) is 0 Å². The smallest absolute Gasteiger partial charge is 0.322 e. The number of carbonyl (C=O) groups is 1. The number of piperidine rings is 1. The monoisotopic (exact) mass is 269 g/mol. The van der Waals surface area contributed by atoms with E-state index in [0.717, 1.165) is 25.0 Å². The van der Waals surface area contributed by atoms with Gasteiger partial charge in [-0.05, 0) is 31.9 Å². The third-order valence-corrected chi connectivity index (χ3v) is 3.35. The number of urea groups is 1. The standard InChI is InChI=1S/C13H17F2N3O/c1-8-6-10(16)4-5-18(8)13(19)17-12-3-2-9(14)7-11(12)15/h2-3,7-8,10H,4-6,16H2,1H3,(H,17,19). The van der Waals surface area contributed by atoms with Crippen LogP contribution in [0.4, 0.5) is 19.3 Å². The second kappa shape index (κ2) is 5.52. The summed E-state index contributed by atoms with van der Waals surface area (Å²) in [5, 5.41) is 2.46. The Kier molecular flexibility index (Phi) is 3.99. The van der Waals surface area contributed by atoms with Crippen molar-refractivity contribution in [1.82, 2.24) is 4.90 Å². The number of nitrogens with two attached hydrogens (primary N) is 1. The molecule has 104 valence electrons. The van der Waals surface area contributed by atoms with Gasteiger partial charge in [-0.25, -0.2) is 13.6 Å². The highest BCUT2D eigenvalue weighted by molar-refractivity contribution is 5.89. The maximum atomic E-state index is 13.4. The summed E-state index contributed by atoms with van der Waals surface area (Å²) in [6, 6.07) is 2.78. The molecule has 0 bridgehead atoms. The van der Waals surface area contributed by atoms with Crippen LogP contribution in [0, 0.1) is 11.6 Å². The Morgan fingerprint density at radius 3 is 2.84 bits per heavy atom. The summed E-state index contributed by atoms with van der Waals surface area (Å²) in [7, 11) is 0. The number of halogens is 2. The molecule has 3 N–H and O–H groups in total. The SMILES string of the molecule is CC1CC(N)CCN1C(=O)Nc1ccc(F)cc1F. The van der Waals surface area contributed by atoms with E-state index in [2.05, 4.69) is 5.32 Å². The van der Waals surface area contributed by atoms with Crippen molar-refractivity contribution in [2.45, 2.75) is 31.8 Å². The second-order valence-corrected chi connectivity index (χ2v) is 4.88. The molecule has 1 aliphatic heterocycles. The first-order valence-electron chi connectivity index (χ1n) is 6.25. The zero-order valence-electron chi connectivity index (χ0n) is 10.7. The van der Waals surface area contributed by atoms with Crippen LogP contribution in [0.1, 0.15) is 19.8 Å². The fourth-order valence-electron chi connectivity index (χ4n) is 2.29. The zero-order chi connectivity index (χ0) is 14.0. The van der Waals surface area contributed by atoms with Crippen molar-refractivity contribution in [3.05, 3.63) is 29.8 Å². The number of rotatable bonds is 1. The summed E-state index contributed by atoms with van der Waals surface area (Å²) in [5.41, 5.74) is 5.80. The Balaban J connectivity index is 2.04. The van der Waals surface area contributed by atoms with Gasteiger partial charge in [-0.1, -0.05) is 0 Å². The highest BCUT2D eigenvalue weighted by Crippen LogP contribution is 2.19. The molecule has 0 aromatic heterocycles. The lowest BCUT2D eigenvalue weighted by molar-refractivity contribution is 0.162. The zero-order valence-corrected chi connectivity index (χ0v) is 10.7. The minimum atomic E-state index is -0.783. The van der Waals surface area contributed by atoms with Gasteiger partial charge in [-0.15, -0.1) is 0 Å². The third-order valence-electron chi connectivity index (χ3n) is 3.35. The molecule has 0 spiro atoms. The Hall–Kier alpha value is -1.69. The van der Waals surface area contributed by atoms with Crippen LogP contribution in [0.15, 0.2) is 18.2 Å². The van der Waals surface area contributed by atoms with E-state index in [-0.39, 0.29) is 23.8 Å². The predicted molar refractivity (Wildman–Crippen MR) is 68.8 cm³/mol. The van der Waals surface area contributed by atoms with Crippen LogP contribution < -0.4 is 11.1 Å². The number of likely N-dealkylation sites (tertiary alicyclic amines) is 1. The summed E-state index contributed by atoms with van der Waals surface area (Å²) >= 11 is 0. The molecular formula is C13H17F2N3O. The summed E-state index contributed by atoms with van der Waals surface area (Å²) in [5.74, 6) is -1.46. The molecule has 1 heterocycles. The Bertz CT molecular complexity index is 481. The fraction of sp³-hybridized carbons (Fsp3) is 0.462. The summed E-state index contributed by atoms with van der Waals surface area (Å²) in [4.78, 5) is 13.7. The first-order chi connectivity index (χ1) is 8.97. The molecule has 4 nitrogen and oxygen atoms in total. The van der Waals surface area contributed by atoms with E-state index in [1.54, 1.807) is 4.90 Å². The van der Waals surface area contributed by atoms with Gasteiger partial charge >= 0.3 is 6.03 Å². The van der Waals surface area contributed by atoms with Crippen molar-refractivity contribution in [2.75, 3.05) is 11.9 Å². The van der Waals surface area contributed by atoms with Gasteiger partial charge in [0.25, 0.3) is 0 Å². The summed E-state index contributed by atoms with van der Waals surface area (Å²) in [6.07, 6.45) is 1.45. The quantitative estimate of drug-likeness (QED) is 0.822. The number of nitrogens with one attached hydrogen (secondary N) is 1. The molecule has 6 heteroatoms. The van der Waals surface area contributed by atoms with Crippen LogP contribution >= 0.6 is 0 Å². The van der Waals surface area contributed by atoms with Crippen LogP contribution in [0.3, 0.4) is 0 Å². The number of benzene rings is 1. The Labute approximate surface area is 110 Å². The van der Waals surface area contributed by atoms with E-state index in [9.17, 15) is 13.6 Å². The summed E-state index contributed by atoms with van der Waals surface area (Å²) in [6.45, 7) is 2.44. The minimum absolute atomic E-state index is 0.00672. The number of nitrogens with zero attached hydrogens (tertiary/aromatic N) is 1. The van der Waals surface area contributed by atoms with Crippen LogP contribution in [0.25, 0.3) is 0 Å². The van der Waals surface area contributed by atoms with E-state index in [1.165, 1.54) is 6.07 Å². The average molecular weight is 269 g/mol. The number of carbonyl (C=O) groups excluding carboxylic acids is 1. The molecule has 2 amide bonds. The Morgan fingerprint density at radius 1 is 1.47 bits per heavy atom. The van der Waals surface area contributed by atoms with Gasteiger partial charge in [0.05, 0.1) is 5.69 Å². The third kappa shape index (κ3) is 3.20. The minimum Gasteiger partial charge on any atom is -0.328 e. The van der Waals surface area contributed by atoms with Gasteiger partial charge < -0.3 is 16.0 Å². The van der Waals surface area contributed by atoms with Crippen molar-refractivity contribution in [3.8, 4) is 0 Å². The van der Waals surface area contributed by atoms with Gasteiger partial charge in [-0.3, -0.25) is 0 Å². The molecule has 0 radical (unpaired) electrons. The van der Waals surface area contributed by atoms with Crippen molar-refractivity contribution in [2.24, 2.45) is 5.73 Å². The molecule has 2 rings (SSSR count). The lowest BCUT2D eigenvalue weighted by atomic mass is 10.00. The molecule has 1 aromatic carbocycles. The molecule has 2 atom stereocenters. The lowest BCUT2D eigenvalue weighted by Gasteiger charge is -2.36. The Morgan fingerprint density at radius 2 is 2.21 bits per heavy atom. The van der Waals surface area contributed by atoms with Crippen molar-refractivity contribution < 1.29 is 13.6 Å². The van der Waals surface area contributed by atoms with Gasteiger partial charge in [-0.2, -0.15) is 0 Å². The molecule has 19 heavy (non-hydrogen) atoms. The fourth-order valence-corrected chi connectivity index (χ4v) is 2.29. The molecule has 1 fully saturated rings. The number of anilines is 1. The van der Waals surface area contributed by atoms with Gasteiger partial charge in [0.1, 0.15) is 11.6 Å². The van der Waals surface area contributed by atoms with Gasteiger partial charge in [0.2, 0.25) is 0 Å². The highest BCUT2D eigenvalue weighted by atomic mass is 19.1. The van der Waals surface area contributed by atoms with Crippen LogP contribution in [0.5, 0.6) is 0 Å². The van der Waals surface area contributed by atoms with Crippen molar-refractivity contribution >= 4 is 11.7 Å². The normalized spacial score (nSPS) is 23.3. The van der Waals surface area contributed by atoms with Gasteiger partial charge in [0.15, 0.2) is 0 Å². The lowest BCUT2D eigenvalue weighted by Crippen LogP contribution is -2.49. The molecular weight excluding hydrogens is 252 g/mol. The maximum absolute atomic E-state index is 13.4. The topological polar surface area (TPSA) is 58.4 Å². The first kappa shape index (κ1) is 13.7. The van der Waals surface area contributed by atoms with Crippen LogP contribution in [0.2, 0.25) is 0 Å². The average Bonchev–Trinajstić information content (AvgIpc) is 2.32. The van der Waals surface area contributed by atoms with E-state index >= 15 is 0 Å². The van der Waals surface area contributed by atoms with E-state index < -0.39 is 11.6 Å². The number of hydrogen-bond acceptors (Lipinski definition) is 2. The predicted octanol–water partition coefficient (Wildman–Crippen LogP) is 2.31. The molecule has 0 aliphatic carbocycles. The van der Waals surface area contributed by atoms with E-state index in [4.69, 9.17) is 5.73 Å². The number of hydrogen-bond donors (Lipinski definition) is 2. The van der Waals surface area contributed by atoms with E-state index in [1.807, 2.05) is 6.92 Å². The molecule has 1 aromatic rings. The largest absolute Gasteiger partial charge is 0.328 e. The van der Waals surface area contributed by atoms with Gasteiger partial charge in [0, 0.05) is 24.7 Å². The maximum Gasteiger partial charge on any atom is 0.322 e. The van der Waals surface area contributed by atoms with Crippen LogP contribution in [-0.4, -0.2) is 29.6 Å². The summed E-state index contributed by atoms with van der Waals surface area (Å²) < 4.78 is 26.2. The number of amides is 2. The molecule has 0 saturated carbocycles. The van der Waals surface area contributed by atoms with Crippen molar-refractivity contribution in [3.63, 3.8) is 0 Å². The van der Waals surface area contributed by atoms with E-state index in [0.29, 0.717) is 6.54 Å².